The number of aromatic nitrogens is 4. The van der Waals surface area contributed by atoms with Crippen LogP contribution in [0.4, 0.5) is 4.39 Å². The van der Waals surface area contributed by atoms with Crippen LogP contribution in [0.3, 0.4) is 0 Å². The molecule has 3 aromatic rings. The minimum atomic E-state index is -0.285. The van der Waals surface area contributed by atoms with E-state index in [9.17, 15) is 9.18 Å². The van der Waals surface area contributed by atoms with E-state index in [2.05, 4.69) is 25.3 Å². The molecule has 1 saturated carbocycles. The minimum absolute atomic E-state index is 0.0512. The number of carbonyl (C=O) groups excluding carboxylic acids is 1. The van der Waals surface area contributed by atoms with Crippen LogP contribution in [0.15, 0.2) is 36.9 Å². The molecule has 1 fully saturated rings. The van der Waals surface area contributed by atoms with Crippen LogP contribution in [0.1, 0.15) is 29.4 Å². The van der Waals surface area contributed by atoms with Crippen LogP contribution in [-0.4, -0.2) is 31.9 Å². The van der Waals surface area contributed by atoms with E-state index >= 15 is 0 Å². The lowest BCUT2D eigenvalue weighted by atomic mass is 9.97. The first-order valence-corrected chi connectivity index (χ1v) is 7.29. The van der Waals surface area contributed by atoms with Crippen LogP contribution in [0.25, 0.3) is 11.2 Å². The van der Waals surface area contributed by atoms with Crippen LogP contribution < -0.4 is 5.32 Å². The predicted molar refractivity (Wildman–Crippen MR) is 81.3 cm³/mol. The van der Waals surface area contributed by atoms with Gasteiger partial charge in [0.1, 0.15) is 17.7 Å². The van der Waals surface area contributed by atoms with Crippen LogP contribution in [0, 0.1) is 5.82 Å². The topological polar surface area (TPSA) is 83.6 Å². The molecule has 0 spiro atoms. The lowest BCUT2D eigenvalue weighted by Crippen LogP contribution is -2.31. The van der Waals surface area contributed by atoms with Gasteiger partial charge in [0.2, 0.25) is 0 Å². The van der Waals surface area contributed by atoms with Crippen molar-refractivity contribution in [3.8, 4) is 0 Å². The summed E-state index contributed by atoms with van der Waals surface area (Å²) in [5, 5.41) is 2.96. The average molecular weight is 311 g/mol. The number of nitrogens with one attached hydrogen (secondary N) is 2. The second kappa shape index (κ2) is 4.84. The molecule has 4 rings (SSSR count). The van der Waals surface area contributed by atoms with E-state index in [1.165, 1.54) is 24.8 Å². The third-order valence-electron chi connectivity index (χ3n) is 4.46. The van der Waals surface area contributed by atoms with Crippen molar-refractivity contribution >= 4 is 17.1 Å². The maximum absolute atomic E-state index is 13.4. The molecule has 6 nitrogen and oxygen atoms in total. The summed E-state index contributed by atoms with van der Waals surface area (Å²) in [5.74, 6) is -0.553. The van der Waals surface area contributed by atoms with E-state index in [-0.39, 0.29) is 28.9 Å². The number of benzene rings is 1. The Hall–Kier alpha value is -2.83. The zero-order chi connectivity index (χ0) is 16.0. The molecule has 1 aliphatic carbocycles. The largest absolute Gasteiger partial charge is 0.347 e. The predicted octanol–water partition coefficient (Wildman–Crippen LogP) is 1.95. The fourth-order valence-electron chi connectivity index (χ4n) is 2.90. The zero-order valence-electron chi connectivity index (χ0n) is 12.4. The van der Waals surface area contributed by atoms with Gasteiger partial charge < -0.3 is 10.3 Å². The Labute approximate surface area is 131 Å². The number of amides is 1. The maximum atomic E-state index is 13.4. The zero-order valence-corrected chi connectivity index (χ0v) is 12.4. The molecular formula is C16H14FN5O. The van der Waals surface area contributed by atoms with Gasteiger partial charge in [0.15, 0.2) is 11.3 Å². The number of hydrogen-bond acceptors (Lipinski definition) is 4. The van der Waals surface area contributed by atoms with Gasteiger partial charge in [-0.05, 0) is 24.1 Å². The van der Waals surface area contributed by atoms with Crippen LogP contribution in [-0.2, 0) is 5.41 Å². The minimum Gasteiger partial charge on any atom is -0.347 e. The quantitative estimate of drug-likeness (QED) is 0.774. The lowest BCUT2D eigenvalue weighted by molar-refractivity contribution is 0.0944. The third kappa shape index (κ3) is 2.25. The number of hydrogen-bond donors (Lipinski definition) is 2. The normalized spacial score (nSPS) is 23.0. The Morgan fingerprint density at radius 1 is 1.39 bits per heavy atom. The van der Waals surface area contributed by atoms with Gasteiger partial charge in [0, 0.05) is 11.5 Å². The molecule has 2 atom stereocenters. The molecule has 2 aromatic heterocycles. The summed E-state index contributed by atoms with van der Waals surface area (Å²) in [7, 11) is 0. The molecule has 116 valence electrons. The van der Waals surface area contributed by atoms with Gasteiger partial charge in [-0.2, -0.15) is 0 Å². The lowest BCUT2D eigenvalue weighted by Gasteiger charge is -2.13. The summed E-state index contributed by atoms with van der Waals surface area (Å²) in [6.45, 7) is 2.01. The van der Waals surface area contributed by atoms with Crippen LogP contribution in [0.5, 0.6) is 0 Å². The second-order valence-electron chi connectivity index (χ2n) is 5.98. The summed E-state index contributed by atoms with van der Waals surface area (Å²) >= 11 is 0. The van der Waals surface area contributed by atoms with E-state index in [0.29, 0.717) is 11.2 Å². The van der Waals surface area contributed by atoms with Crippen molar-refractivity contribution in [1.29, 1.82) is 0 Å². The van der Waals surface area contributed by atoms with E-state index < -0.39 is 0 Å². The Kier molecular flexibility index (Phi) is 2.90. The van der Waals surface area contributed by atoms with Crippen LogP contribution >= 0.6 is 0 Å². The smallest absolute Gasteiger partial charge is 0.272 e. The van der Waals surface area contributed by atoms with Crippen molar-refractivity contribution in [3.63, 3.8) is 0 Å². The molecule has 0 bridgehead atoms. The first-order valence-electron chi connectivity index (χ1n) is 7.29. The first kappa shape index (κ1) is 13.8. The highest BCUT2D eigenvalue weighted by atomic mass is 19.1. The number of carbonyl (C=O) groups is 1. The van der Waals surface area contributed by atoms with Gasteiger partial charge in [-0.1, -0.05) is 19.1 Å². The Bertz CT molecular complexity index is 908. The molecule has 1 amide bonds. The van der Waals surface area contributed by atoms with Crippen molar-refractivity contribution in [2.45, 2.75) is 24.8 Å². The summed E-state index contributed by atoms with van der Waals surface area (Å²) in [6, 6.07) is 6.45. The van der Waals surface area contributed by atoms with Gasteiger partial charge in [-0.15, -0.1) is 0 Å². The van der Waals surface area contributed by atoms with Gasteiger partial charge >= 0.3 is 0 Å². The second-order valence-corrected chi connectivity index (χ2v) is 5.98. The van der Waals surface area contributed by atoms with Gasteiger partial charge in [0.05, 0.1) is 6.33 Å². The Morgan fingerprint density at radius 2 is 2.26 bits per heavy atom. The number of H-pyrrole nitrogens is 1. The van der Waals surface area contributed by atoms with Crippen molar-refractivity contribution in [3.05, 3.63) is 54.0 Å². The monoisotopic (exact) mass is 311 g/mol. The van der Waals surface area contributed by atoms with E-state index in [1.54, 1.807) is 6.07 Å². The molecule has 2 heterocycles. The number of aromatic amines is 1. The number of halogens is 1. The fourth-order valence-corrected chi connectivity index (χ4v) is 2.90. The number of nitrogens with zero attached hydrogens (tertiary/aromatic N) is 3. The van der Waals surface area contributed by atoms with E-state index in [1.807, 2.05) is 13.0 Å². The highest BCUT2D eigenvalue weighted by Crippen LogP contribution is 2.48. The van der Waals surface area contributed by atoms with Gasteiger partial charge in [-0.25, -0.2) is 19.3 Å². The molecule has 0 radical (unpaired) electrons. The van der Waals surface area contributed by atoms with Crippen molar-refractivity contribution < 1.29 is 9.18 Å². The van der Waals surface area contributed by atoms with Crippen molar-refractivity contribution in [1.82, 2.24) is 25.3 Å². The molecule has 1 aromatic carbocycles. The third-order valence-corrected chi connectivity index (χ3v) is 4.46. The summed E-state index contributed by atoms with van der Waals surface area (Å²) in [6.07, 6.45) is 3.56. The van der Waals surface area contributed by atoms with Crippen molar-refractivity contribution in [2.75, 3.05) is 0 Å². The first-order chi connectivity index (χ1) is 11.1. The molecular weight excluding hydrogens is 297 g/mol. The highest BCUT2D eigenvalue weighted by Gasteiger charge is 2.52. The molecule has 2 N–H and O–H groups in total. The molecule has 0 aliphatic heterocycles. The summed E-state index contributed by atoms with van der Waals surface area (Å²) in [4.78, 5) is 27.4. The fraction of sp³-hybridized carbons (Fsp3) is 0.250. The van der Waals surface area contributed by atoms with E-state index in [0.717, 1.165) is 12.0 Å². The van der Waals surface area contributed by atoms with Crippen molar-refractivity contribution in [2.24, 2.45) is 0 Å². The number of imidazole rings is 1. The molecule has 1 aliphatic rings. The number of rotatable bonds is 3. The summed E-state index contributed by atoms with van der Waals surface area (Å²) in [5.41, 5.74) is 1.86. The standard InChI is InChI=1S/C16H14FN5O/c1-16(9-3-2-4-10(17)5-9)6-11(16)22-15(23)13-12-14(20-7-18-12)21-8-19-13/h2-5,7-8,11H,6H2,1H3,(H,22,23)(H,18,19,20,21). The SMILES string of the molecule is CC1(c2cccc(F)c2)CC1NC(=O)c1ncnc2nc[nH]c12. The van der Waals surface area contributed by atoms with Gasteiger partial charge in [-0.3, -0.25) is 4.79 Å². The summed E-state index contributed by atoms with van der Waals surface area (Å²) < 4.78 is 13.4. The highest BCUT2D eigenvalue weighted by molar-refractivity contribution is 6.02. The molecule has 0 saturated heterocycles. The van der Waals surface area contributed by atoms with E-state index in [4.69, 9.17) is 0 Å². The Balaban J connectivity index is 1.56. The maximum Gasteiger partial charge on any atom is 0.272 e. The average Bonchev–Trinajstić information content (AvgIpc) is 2.97. The number of fused-ring (bicyclic) bond motifs is 1. The molecule has 2 unspecified atom stereocenters. The van der Waals surface area contributed by atoms with Gasteiger partial charge in [0.25, 0.3) is 5.91 Å². The Morgan fingerprint density at radius 3 is 3.09 bits per heavy atom. The molecule has 7 heteroatoms. The van der Waals surface area contributed by atoms with Crippen LogP contribution in [0.2, 0.25) is 0 Å². The molecule has 23 heavy (non-hydrogen) atoms.